The van der Waals surface area contributed by atoms with Gasteiger partial charge in [0.15, 0.2) is 5.69 Å². The first-order chi connectivity index (χ1) is 10.2. The van der Waals surface area contributed by atoms with E-state index in [0.717, 1.165) is 25.2 Å². The minimum absolute atomic E-state index is 0.233. The maximum absolute atomic E-state index is 11.8. The Morgan fingerprint density at radius 1 is 1.24 bits per heavy atom. The van der Waals surface area contributed by atoms with Crippen molar-refractivity contribution in [2.75, 3.05) is 40.0 Å². The first-order valence-electron chi connectivity index (χ1n) is 7.51. The molecule has 0 unspecified atom stereocenters. The van der Waals surface area contributed by atoms with Crippen LogP contribution in [0.5, 0.6) is 0 Å². The zero-order valence-electron chi connectivity index (χ0n) is 12.9. The summed E-state index contributed by atoms with van der Waals surface area (Å²) in [5.74, 6) is -0.435. The van der Waals surface area contributed by atoms with Gasteiger partial charge in [0.25, 0.3) is 0 Å². The summed E-state index contributed by atoms with van der Waals surface area (Å²) in [4.78, 5) is 14.3. The summed E-state index contributed by atoms with van der Waals surface area (Å²) in [7, 11) is 1.57. The summed E-state index contributed by atoms with van der Waals surface area (Å²) >= 11 is 0. The van der Waals surface area contributed by atoms with Crippen LogP contribution in [0.2, 0.25) is 0 Å². The topological polar surface area (TPSA) is 69.5 Å². The van der Waals surface area contributed by atoms with Gasteiger partial charge in [0.1, 0.15) is 6.61 Å². The third-order valence-corrected chi connectivity index (χ3v) is 3.74. The second-order valence-electron chi connectivity index (χ2n) is 5.28. The van der Waals surface area contributed by atoms with Gasteiger partial charge in [0, 0.05) is 13.7 Å². The van der Waals surface area contributed by atoms with Crippen molar-refractivity contribution in [2.45, 2.75) is 32.7 Å². The average Bonchev–Trinajstić information content (AvgIpc) is 3.10. The van der Waals surface area contributed by atoms with Crippen LogP contribution >= 0.6 is 0 Å². The van der Waals surface area contributed by atoms with Crippen LogP contribution in [-0.4, -0.2) is 65.8 Å². The quantitative estimate of drug-likeness (QED) is 0.524. The maximum Gasteiger partial charge on any atom is 0.360 e. The molecule has 0 aromatic carbocycles. The molecule has 0 aliphatic carbocycles. The SMILES string of the molecule is COCCOC(=O)c1nnn(CCCN2CCCC2)c1C. The molecule has 0 N–H and O–H groups in total. The Morgan fingerprint density at radius 2 is 2.00 bits per heavy atom. The molecule has 0 atom stereocenters. The van der Waals surface area contributed by atoms with Gasteiger partial charge in [-0.05, 0) is 45.8 Å². The normalized spacial score (nSPS) is 15.5. The van der Waals surface area contributed by atoms with Gasteiger partial charge in [-0.15, -0.1) is 5.10 Å². The van der Waals surface area contributed by atoms with Crippen molar-refractivity contribution in [2.24, 2.45) is 0 Å². The zero-order chi connectivity index (χ0) is 15.1. The molecule has 1 aromatic rings. The molecular weight excluding hydrogens is 272 g/mol. The lowest BCUT2D eigenvalue weighted by molar-refractivity contribution is 0.0380. The number of hydrogen-bond donors (Lipinski definition) is 0. The summed E-state index contributed by atoms with van der Waals surface area (Å²) in [6.45, 7) is 6.72. The van der Waals surface area contributed by atoms with E-state index in [1.165, 1.54) is 25.9 Å². The molecule has 1 aliphatic rings. The van der Waals surface area contributed by atoms with Crippen molar-refractivity contribution < 1.29 is 14.3 Å². The molecule has 1 fully saturated rings. The molecule has 21 heavy (non-hydrogen) atoms. The summed E-state index contributed by atoms with van der Waals surface area (Å²) < 4.78 is 11.7. The van der Waals surface area contributed by atoms with Gasteiger partial charge in [0.05, 0.1) is 12.3 Å². The van der Waals surface area contributed by atoms with Crippen molar-refractivity contribution in [1.82, 2.24) is 19.9 Å². The number of methoxy groups -OCH3 is 1. The van der Waals surface area contributed by atoms with E-state index in [1.807, 2.05) is 6.92 Å². The summed E-state index contributed by atoms with van der Waals surface area (Å²) in [6.07, 6.45) is 3.63. The third kappa shape index (κ3) is 4.50. The Kier molecular flexibility index (Phi) is 6.13. The lowest BCUT2D eigenvalue weighted by Gasteiger charge is -2.14. The van der Waals surface area contributed by atoms with Gasteiger partial charge in [-0.25, -0.2) is 9.48 Å². The number of carbonyl (C=O) groups excluding carboxylic acids is 1. The Bertz CT molecular complexity index is 455. The van der Waals surface area contributed by atoms with E-state index in [-0.39, 0.29) is 6.61 Å². The monoisotopic (exact) mass is 296 g/mol. The Labute approximate surface area is 125 Å². The van der Waals surface area contributed by atoms with E-state index in [0.29, 0.717) is 12.3 Å². The Morgan fingerprint density at radius 3 is 2.71 bits per heavy atom. The van der Waals surface area contributed by atoms with E-state index >= 15 is 0 Å². The molecule has 7 nitrogen and oxygen atoms in total. The van der Waals surface area contributed by atoms with Gasteiger partial charge in [0.2, 0.25) is 0 Å². The molecule has 7 heteroatoms. The predicted molar refractivity (Wildman–Crippen MR) is 77.2 cm³/mol. The van der Waals surface area contributed by atoms with Crippen molar-refractivity contribution in [3.05, 3.63) is 11.4 Å². The molecule has 118 valence electrons. The molecule has 0 bridgehead atoms. The fourth-order valence-corrected chi connectivity index (χ4v) is 2.50. The van der Waals surface area contributed by atoms with Crippen LogP contribution < -0.4 is 0 Å². The van der Waals surface area contributed by atoms with Crippen LogP contribution in [0.15, 0.2) is 0 Å². The number of ether oxygens (including phenoxy) is 2. The zero-order valence-corrected chi connectivity index (χ0v) is 12.9. The fraction of sp³-hybridized carbons (Fsp3) is 0.786. The second-order valence-corrected chi connectivity index (χ2v) is 5.28. The predicted octanol–water partition coefficient (Wildman–Crippen LogP) is 0.876. The molecule has 2 rings (SSSR count). The number of carbonyl (C=O) groups is 1. The van der Waals surface area contributed by atoms with Crippen molar-refractivity contribution in [3.63, 3.8) is 0 Å². The van der Waals surface area contributed by atoms with E-state index in [4.69, 9.17) is 9.47 Å². The summed E-state index contributed by atoms with van der Waals surface area (Å²) in [5.41, 5.74) is 1.06. The first kappa shape index (κ1) is 15.9. The van der Waals surface area contributed by atoms with Crippen LogP contribution in [0.25, 0.3) is 0 Å². The molecule has 0 spiro atoms. The van der Waals surface area contributed by atoms with Crippen molar-refractivity contribution in [1.29, 1.82) is 0 Å². The maximum atomic E-state index is 11.8. The Hall–Kier alpha value is -1.47. The molecule has 1 aliphatic heterocycles. The number of aryl methyl sites for hydroxylation is 1. The fourth-order valence-electron chi connectivity index (χ4n) is 2.50. The van der Waals surface area contributed by atoms with E-state index in [2.05, 4.69) is 15.2 Å². The Balaban J connectivity index is 1.80. The average molecular weight is 296 g/mol. The standard InChI is InChI=1S/C14H24N4O3/c1-12-13(14(19)21-11-10-20-2)15-16-18(12)9-5-8-17-6-3-4-7-17/h3-11H2,1-2H3. The smallest absolute Gasteiger partial charge is 0.360 e. The summed E-state index contributed by atoms with van der Waals surface area (Å²) in [5, 5.41) is 7.97. The number of hydrogen-bond acceptors (Lipinski definition) is 6. The summed E-state index contributed by atoms with van der Waals surface area (Å²) in [6, 6.07) is 0. The lowest BCUT2D eigenvalue weighted by atomic mass is 10.3. The number of esters is 1. The first-order valence-corrected chi connectivity index (χ1v) is 7.51. The minimum Gasteiger partial charge on any atom is -0.458 e. The third-order valence-electron chi connectivity index (χ3n) is 3.74. The van der Waals surface area contributed by atoms with Gasteiger partial charge in [-0.2, -0.15) is 0 Å². The van der Waals surface area contributed by atoms with Crippen LogP contribution in [0, 0.1) is 6.92 Å². The van der Waals surface area contributed by atoms with Crippen LogP contribution in [-0.2, 0) is 16.0 Å². The van der Waals surface area contributed by atoms with Crippen LogP contribution in [0.1, 0.15) is 35.4 Å². The number of nitrogens with zero attached hydrogens (tertiary/aromatic N) is 4. The minimum atomic E-state index is -0.435. The highest BCUT2D eigenvalue weighted by molar-refractivity contribution is 5.88. The van der Waals surface area contributed by atoms with Gasteiger partial charge in [-0.1, -0.05) is 5.21 Å². The van der Waals surface area contributed by atoms with Crippen LogP contribution in [0.3, 0.4) is 0 Å². The highest BCUT2D eigenvalue weighted by Crippen LogP contribution is 2.10. The van der Waals surface area contributed by atoms with Crippen molar-refractivity contribution >= 4 is 5.97 Å². The molecule has 0 amide bonds. The molecule has 1 saturated heterocycles. The highest BCUT2D eigenvalue weighted by Gasteiger charge is 2.18. The molecule has 1 aromatic heterocycles. The molecular formula is C14H24N4O3. The second kappa shape index (κ2) is 8.09. The lowest BCUT2D eigenvalue weighted by Crippen LogP contribution is -2.22. The molecule has 0 radical (unpaired) electrons. The largest absolute Gasteiger partial charge is 0.458 e. The number of aromatic nitrogens is 3. The van der Waals surface area contributed by atoms with Crippen LogP contribution in [0.4, 0.5) is 0 Å². The van der Waals surface area contributed by atoms with E-state index < -0.39 is 5.97 Å². The molecule has 2 heterocycles. The van der Waals surface area contributed by atoms with Crippen molar-refractivity contribution in [3.8, 4) is 0 Å². The van der Waals surface area contributed by atoms with Gasteiger partial charge >= 0.3 is 5.97 Å². The van der Waals surface area contributed by atoms with E-state index in [1.54, 1.807) is 11.8 Å². The van der Waals surface area contributed by atoms with Gasteiger partial charge < -0.3 is 14.4 Å². The number of rotatable bonds is 8. The highest BCUT2D eigenvalue weighted by atomic mass is 16.6. The molecule has 0 saturated carbocycles. The van der Waals surface area contributed by atoms with E-state index in [9.17, 15) is 4.79 Å². The number of likely N-dealkylation sites (tertiary alicyclic amines) is 1. The van der Waals surface area contributed by atoms with Gasteiger partial charge in [-0.3, -0.25) is 0 Å².